The van der Waals surface area contributed by atoms with E-state index in [1.807, 2.05) is 24.3 Å². The number of benzene rings is 2. The van der Waals surface area contributed by atoms with Gasteiger partial charge in [0, 0.05) is 19.6 Å². The standard InChI is InChI=1S/C22H22FN3O2/c23-16-4-2-14(3-5-16)17-10-15-11-26(12-19(15)17)8-7-13-1-6-20-18(9-13)21(27)25-22(28)24-20/h1-6,9,15,17,19H,7-8,10-12H2,(H2,24,25,27,28). The fourth-order valence-electron chi connectivity index (χ4n) is 4.93. The summed E-state index contributed by atoms with van der Waals surface area (Å²) in [5, 5.41) is 0.523. The summed E-state index contributed by atoms with van der Waals surface area (Å²) >= 11 is 0. The minimum absolute atomic E-state index is 0.175. The van der Waals surface area contributed by atoms with E-state index in [1.165, 1.54) is 12.0 Å². The average Bonchev–Trinajstić information content (AvgIpc) is 2.98. The molecule has 2 aromatic carbocycles. The van der Waals surface area contributed by atoms with E-state index < -0.39 is 5.69 Å². The van der Waals surface area contributed by atoms with Crippen molar-refractivity contribution in [2.45, 2.75) is 18.8 Å². The first-order valence-electron chi connectivity index (χ1n) is 9.80. The fourth-order valence-corrected chi connectivity index (χ4v) is 4.93. The van der Waals surface area contributed by atoms with E-state index in [9.17, 15) is 14.0 Å². The lowest BCUT2D eigenvalue weighted by atomic mass is 9.64. The van der Waals surface area contributed by atoms with Gasteiger partial charge in [-0.1, -0.05) is 18.2 Å². The summed E-state index contributed by atoms with van der Waals surface area (Å²) in [5.74, 6) is 1.77. The van der Waals surface area contributed by atoms with Crippen molar-refractivity contribution >= 4 is 10.9 Å². The van der Waals surface area contributed by atoms with Crippen LogP contribution in [0.4, 0.5) is 4.39 Å². The van der Waals surface area contributed by atoms with Gasteiger partial charge in [0.2, 0.25) is 0 Å². The third kappa shape index (κ3) is 3.07. The molecule has 0 amide bonds. The van der Waals surface area contributed by atoms with Crippen LogP contribution in [-0.2, 0) is 6.42 Å². The number of rotatable bonds is 4. The summed E-state index contributed by atoms with van der Waals surface area (Å²) in [6, 6.07) is 12.6. The highest BCUT2D eigenvalue weighted by Gasteiger charge is 2.47. The number of fused-ring (bicyclic) bond motifs is 2. The Morgan fingerprint density at radius 3 is 2.68 bits per heavy atom. The van der Waals surface area contributed by atoms with Gasteiger partial charge in [-0.3, -0.25) is 9.78 Å². The SMILES string of the molecule is O=c1[nH]c(=O)c2cc(CCN3CC4CC(c5ccc(F)cc5)C4C3)ccc2[nH]1. The van der Waals surface area contributed by atoms with E-state index >= 15 is 0 Å². The first kappa shape index (κ1) is 17.4. The molecule has 1 saturated heterocycles. The lowest BCUT2D eigenvalue weighted by Crippen LogP contribution is -2.33. The molecule has 1 aromatic heterocycles. The maximum absolute atomic E-state index is 13.2. The maximum Gasteiger partial charge on any atom is 0.326 e. The summed E-state index contributed by atoms with van der Waals surface area (Å²) in [6.07, 6.45) is 2.06. The van der Waals surface area contributed by atoms with Gasteiger partial charge in [0.05, 0.1) is 10.9 Å². The van der Waals surface area contributed by atoms with Crippen molar-refractivity contribution in [3.05, 3.63) is 80.2 Å². The molecule has 5 rings (SSSR count). The van der Waals surface area contributed by atoms with Crippen molar-refractivity contribution in [2.75, 3.05) is 19.6 Å². The van der Waals surface area contributed by atoms with E-state index in [1.54, 1.807) is 18.2 Å². The predicted octanol–water partition coefficient (Wildman–Crippen LogP) is 2.63. The first-order chi connectivity index (χ1) is 13.6. The Balaban J connectivity index is 1.24. The highest BCUT2D eigenvalue weighted by molar-refractivity contribution is 5.77. The largest absolute Gasteiger partial charge is 0.326 e. The Morgan fingerprint density at radius 1 is 1.04 bits per heavy atom. The average molecular weight is 379 g/mol. The topological polar surface area (TPSA) is 69.0 Å². The number of halogens is 1. The Morgan fingerprint density at radius 2 is 1.86 bits per heavy atom. The zero-order chi connectivity index (χ0) is 19.3. The predicted molar refractivity (Wildman–Crippen MR) is 106 cm³/mol. The van der Waals surface area contributed by atoms with Crippen LogP contribution in [0.15, 0.2) is 52.1 Å². The Kier molecular flexibility index (Phi) is 4.16. The third-order valence-corrected chi connectivity index (χ3v) is 6.46. The molecule has 2 fully saturated rings. The highest BCUT2D eigenvalue weighted by Crippen LogP contribution is 2.51. The minimum atomic E-state index is -0.478. The van der Waals surface area contributed by atoms with Crippen LogP contribution in [0.25, 0.3) is 10.9 Å². The van der Waals surface area contributed by atoms with Crippen LogP contribution >= 0.6 is 0 Å². The zero-order valence-corrected chi connectivity index (χ0v) is 15.5. The number of aromatic nitrogens is 2. The molecule has 0 spiro atoms. The second-order valence-corrected chi connectivity index (χ2v) is 8.12. The molecular formula is C22H22FN3O2. The second kappa shape index (κ2) is 6.71. The van der Waals surface area contributed by atoms with Gasteiger partial charge in [0.1, 0.15) is 5.82 Å². The number of nitrogens with zero attached hydrogens (tertiary/aromatic N) is 1. The summed E-state index contributed by atoms with van der Waals surface area (Å²) in [7, 11) is 0. The van der Waals surface area contributed by atoms with Gasteiger partial charge in [-0.25, -0.2) is 9.18 Å². The van der Waals surface area contributed by atoms with Crippen LogP contribution in [-0.4, -0.2) is 34.5 Å². The number of nitrogens with one attached hydrogen (secondary N) is 2. The molecule has 3 unspecified atom stereocenters. The lowest BCUT2D eigenvalue weighted by Gasteiger charge is -2.40. The molecule has 2 N–H and O–H groups in total. The van der Waals surface area contributed by atoms with E-state index in [4.69, 9.17) is 0 Å². The van der Waals surface area contributed by atoms with Gasteiger partial charge in [-0.05, 0) is 66.0 Å². The maximum atomic E-state index is 13.2. The van der Waals surface area contributed by atoms with Gasteiger partial charge in [-0.2, -0.15) is 0 Å². The molecule has 2 aliphatic rings. The minimum Gasteiger partial charge on any atom is -0.307 e. The summed E-state index contributed by atoms with van der Waals surface area (Å²) in [4.78, 5) is 30.8. The van der Waals surface area contributed by atoms with Crippen LogP contribution in [0.2, 0.25) is 0 Å². The van der Waals surface area contributed by atoms with E-state index in [2.05, 4.69) is 14.9 Å². The Labute approximate surface area is 161 Å². The molecule has 3 aromatic rings. The smallest absolute Gasteiger partial charge is 0.307 e. The lowest BCUT2D eigenvalue weighted by molar-refractivity contribution is 0.191. The van der Waals surface area contributed by atoms with Gasteiger partial charge >= 0.3 is 5.69 Å². The summed E-state index contributed by atoms with van der Waals surface area (Å²) in [5.41, 5.74) is 2.10. The van der Waals surface area contributed by atoms with Gasteiger partial charge in [-0.15, -0.1) is 0 Å². The number of aromatic amines is 2. The third-order valence-electron chi connectivity index (χ3n) is 6.46. The number of hydrogen-bond acceptors (Lipinski definition) is 3. The van der Waals surface area contributed by atoms with Crippen LogP contribution in [0, 0.1) is 17.7 Å². The van der Waals surface area contributed by atoms with E-state index in [0.717, 1.165) is 37.5 Å². The van der Waals surface area contributed by atoms with Crippen molar-refractivity contribution in [3.8, 4) is 0 Å². The van der Waals surface area contributed by atoms with Crippen molar-refractivity contribution in [3.63, 3.8) is 0 Å². The normalized spacial score (nSPS) is 24.2. The van der Waals surface area contributed by atoms with E-state index in [0.29, 0.717) is 22.7 Å². The molecular weight excluding hydrogens is 357 g/mol. The van der Waals surface area contributed by atoms with Crippen molar-refractivity contribution in [1.82, 2.24) is 14.9 Å². The van der Waals surface area contributed by atoms with Crippen molar-refractivity contribution in [2.24, 2.45) is 11.8 Å². The summed E-state index contributed by atoms with van der Waals surface area (Å²) < 4.78 is 13.2. The first-order valence-corrected chi connectivity index (χ1v) is 9.80. The monoisotopic (exact) mass is 379 g/mol. The summed E-state index contributed by atoms with van der Waals surface area (Å²) in [6.45, 7) is 3.15. The molecule has 1 aliphatic heterocycles. The second-order valence-electron chi connectivity index (χ2n) is 8.12. The molecule has 28 heavy (non-hydrogen) atoms. The Bertz CT molecular complexity index is 1130. The molecule has 5 nitrogen and oxygen atoms in total. The molecule has 3 atom stereocenters. The van der Waals surface area contributed by atoms with Crippen LogP contribution in [0.1, 0.15) is 23.5 Å². The Hall–Kier alpha value is -2.73. The molecule has 1 saturated carbocycles. The molecule has 144 valence electrons. The number of H-pyrrole nitrogens is 2. The molecule has 0 radical (unpaired) electrons. The number of likely N-dealkylation sites (tertiary alicyclic amines) is 1. The van der Waals surface area contributed by atoms with Crippen LogP contribution in [0.3, 0.4) is 0 Å². The van der Waals surface area contributed by atoms with Gasteiger partial charge in [0.25, 0.3) is 5.56 Å². The molecule has 6 heteroatoms. The van der Waals surface area contributed by atoms with Crippen LogP contribution < -0.4 is 11.2 Å². The molecule has 2 heterocycles. The van der Waals surface area contributed by atoms with E-state index in [-0.39, 0.29) is 11.4 Å². The van der Waals surface area contributed by atoms with Gasteiger partial charge in [0.15, 0.2) is 0 Å². The van der Waals surface area contributed by atoms with Crippen molar-refractivity contribution < 1.29 is 4.39 Å². The fraction of sp³-hybridized carbons (Fsp3) is 0.364. The van der Waals surface area contributed by atoms with Crippen molar-refractivity contribution in [1.29, 1.82) is 0 Å². The van der Waals surface area contributed by atoms with Crippen LogP contribution in [0.5, 0.6) is 0 Å². The number of hydrogen-bond donors (Lipinski definition) is 2. The quantitative estimate of drug-likeness (QED) is 0.732. The molecule has 1 aliphatic carbocycles. The highest BCUT2D eigenvalue weighted by atomic mass is 19.1. The molecule has 0 bridgehead atoms. The van der Waals surface area contributed by atoms with Gasteiger partial charge < -0.3 is 9.88 Å². The zero-order valence-electron chi connectivity index (χ0n) is 15.5.